The number of hydrogen-bond donors (Lipinski definition) is 1. The largest absolute Gasteiger partial charge is 0.480 e. The number of nitrogens with zero attached hydrogens (tertiary/aromatic N) is 1. The number of rotatable bonds is 3. The third kappa shape index (κ3) is 2.45. The fourth-order valence-corrected chi connectivity index (χ4v) is 4.19. The summed E-state index contributed by atoms with van der Waals surface area (Å²) in [5.41, 5.74) is 2.16. The summed E-state index contributed by atoms with van der Waals surface area (Å²) in [5, 5.41) is 10.3. The minimum atomic E-state index is -0.678. The second kappa shape index (κ2) is 5.38. The van der Waals surface area contributed by atoms with E-state index in [1.165, 1.54) is 12.8 Å². The van der Waals surface area contributed by atoms with Crippen LogP contribution in [-0.4, -0.2) is 28.6 Å². The van der Waals surface area contributed by atoms with Crippen LogP contribution in [0, 0.1) is 18.8 Å². The van der Waals surface area contributed by atoms with E-state index in [0.29, 0.717) is 18.4 Å². The molecule has 1 saturated heterocycles. The molecule has 2 fully saturated rings. The Hall–Kier alpha value is -1.06. The van der Waals surface area contributed by atoms with E-state index >= 15 is 0 Å². The number of aliphatic carboxylic acids is 1. The maximum atomic E-state index is 11.6. The van der Waals surface area contributed by atoms with Crippen LogP contribution in [0.15, 0.2) is 18.2 Å². The van der Waals surface area contributed by atoms with Gasteiger partial charge in [0, 0.05) is 18.1 Å². The predicted octanol–water partition coefficient (Wildman–Crippen LogP) is 3.33. The van der Waals surface area contributed by atoms with Crippen molar-refractivity contribution >= 4 is 17.6 Å². The van der Waals surface area contributed by atoms with E-state index in [9.17, 15) is 9.90 Å². The summed E-state index contributed by atoms with van der Waals surface area (Å²) in [6.45, 7) is 3.55. The summed E-state index contributed by atoms with van der Waals surface area (Å²) in [4.78, 5) is 13.7. The van der Waals surface area contributed by atoms with Crippen molar-refractivity contribution in [3.8, 4) is 0 Å². The smallest absolute Gasteiger partial charge is 0.321 e. The van der Waals surface area contributed by atoms with E-state index in [1.54, 1.807) is 0 Å². The van der Waals surface area contributed by atoms with E-state index in [0.717, 1.165) is 29.1 Å². The number of carboxylic acids is 1. The molecule has 1 aromatic rings. The van der Waals surface area contributed by atoms with Gasteiger partial charge in [-0.25, -0.2) is 0 Å². The lowest BCUT2D eigenvalue weighted by atomic mass is 9.94. The fourth-order valence-electron chi connectivity index (χ4n) is 3.90. The Labute approximate surface area is 124 Å². The summed E-state index contributed by atoms with van der Waals surface area (Å²) >= 11 is 6.28. The van der Waals surface area contributed by atoms with Crippen LogP contribution in [-0.2, 0) is 11.3 Å². The monoisotopic (exact) mass is 293 g/mol. The van der Waals surface area contributed by atoms with Gasteiger partial charge >= 0.3 is 5.97 Å². The molecule has 20 heavy (non-hydrogen) atoms. The van der Waals surface area contributed by atoms with Gasteiger partial charge in [0.25, 0.3) is 0 Å². The molecule has 0 aromatic heterocycles. The van der Waals surface area contributed by atoms with Gasteiger partial charge in [0.15, 0.2) is 0 Å². The van der Waals surface area contributed by atoms with Gasteiger partial charge in [-0.1, -0.05) is 30.2 Å². The molecule has 0 spiro atoms. The highest BCUT2D eigenvalue weighted by Gasteiger charge is 2.47. The molecule has 1 N–H and O–H groups in total. The standard InChI is InChI=1S/C16H20ClNO2/c1-10-5-6-12(14(17)7-10)9-18-8-11-3-2-4-13(11)15(18)16(19)20/h5-7,11,13,15H,2-4,8-9H2,1H3,(H,19,20). The Morgan fingerprint density at radius 2 is 2.25 bits per heavy atom. The van der Waals surface area contributed by atoms with E-state index in [-0.39, 0.29) is 6.04 Å². The van der Waals surface area contributed by atoms with E-state index in [1.807, 2.05) is 25.1 Å². The van der Waals surface area contributed by atoms with Gasteiger partial charge in [-0.05, 0) is 48.8 Å². The molecule has 1 aliphatic heterocycles. The lowest BCUT2D eigenvalue weighted by Gasteiger charge is -2.24. The van der Waals surface area contributed by atoms with E-state index in [4.69, 9.17) is 11.6 Å². The molecular formula is C16H20ClNO2. The lowest BCUT2D eigenvalue weighted by molar-refractivity contribution is -0.143. The fraction of sp³-hybridized carbons (Fsp3) is 0.562. The Kier molecular flexibility index (Phi) is 3.74. The van der Waals surface area contributed by atoms with Gasteiger partial charge < -0.3 is 5.11 Å². The van der Waals surface area contributed by atoms with E-state index < -0.39 is 5.97 Å². The van der Waals surface area contributed by atoms with Crippen molar-refractivity contribution in [2.24, 2.45) is 11.8 Å². The molecule has 3 nitrogen and oxygen atoms in total. The highest BCUT2D eigenvalue weighted by atomic mass is 35.5. The van der Waals surface area contributed by atoms with Crippen LogP contribution in [0.25, 0.3) is 0 Å². The normalized spacial score (nSPS) is 29.6. The molecular weight excluding hydrogens is 274 g/mol. The zero-order valence-electron chi connectivity index (χ0n) is 11.7. The van der Waals surface area contributed by atoms with Gasteiger partial charge in [0.2, 0.25) is 0 Å². The van der Waals surface area contributed by atoms with Crippen molar-refractivity contribution in [2.45, 2.75) is 38.8 Å². The Morgan fingerprint density at radius 1 is 1.45 bits per heavy atom. The first kappa shape index (κ1) is 13.9. The van der Waals surface area contributed by atoms with Crippen molar-refractivity contribution < 1.29 is 9.90 Å². The zero-order valence-corrected chi connectivity index (χ0v) is 12.4. The Morgan fingerprint density at radius 3 is 2.95 bits per heavy atom. The van der Waals surface area contributed by atoms with Crippen molar-refractivity contribution in [3.05, 3.63) is 34.3 Å². The number of hydrogen-bond acceptors (Lipinski definition) is 2. The minimum absolute atomic E-state index is 0.330. The number of benzene rings is 1. The molecule has 1 aliphatic carbocycles. The van der Waals surface area contributed by atoms with Crippen LogP contribution in [0.3, 0.4) is 0 Å². The number of likely N-dealkylation sites (tertiary alicyclic amines) is 1. The average Bonchev–Trinajstić information content (AvgIpc) is 2.91. The topological polar surface area (TPSA) is 40.5 Å². The summed E-state index contributed by atoms with van der Waals surface area (Å²) < 4.78 is 0. The van der Waals surface area contributed by atoms with Crippen LogP contribution < -0.4 is 0 Å². The molecule has 1 saturated carbocycles. The molecule has 3 unspecified atom stereocenters. The van der Waals surface area contributed by atoms with Crippen LogP contribution in [0.5, 0.6) is 0 Å². The number of aryl methyl sites for hydroxylation is 1. The first-order valence-electron chi connectivity index (χ1n) is 7.28. The number of halogens is 1. The Balaban J connectivity index is 1.81. The maximum absolute atomic E-state index is 11.6. The summed E-state index contributed by atoms with van der Waals surface area (Å²) in [5.74, 6) is 0.208. The molecule has 0 bridgehead atoms. The van der Waals surface area contributed by atoms with Crippen LogP contribution in [0.4, 0.5) is 0 Å². The van der Waals surface area contributed by atoms with Crippen molar-refractivity contribution in [3.63, 3.8) is 0 Å². The molecule has 0 radical (unpaired) electrons. The third-order valence-corrected chi connectivity index (χ3v) is 5.17. The first-order chi connectivity index (χ1) is 9.56. The van der Waals surface area contributed by atoms with Crippen LogP contribution in [0.1, 0.15) is 30.4 Å². The maximum Gasteiger partial charge on any atom is 0.321 e. The SMILES string of the molecule is Cc1ccc(CN2CC3CCCC3C2C(=O)O)c(Cl)c1. The third-order valence-electron chi connectivity index (χ3n) is 4.82. The number of fused-ring (bicyclic) bond motifs is 1. The highest BCUT2D eigenvalue weighted by molar-refractivity contribution is 6.31. The van der Waals surface area contributed by atoms with Crippen molar-refractivity contribution in [1.82, 2.24) is 4.90 Å². The predicted molar refractivity (Wildman–Crippen MR) is 78.9 cm³/mol. The lowest BCUT2D eigenvalue weighted by Crippen LogP contribution is -2.39. The highest BCUT2D eigenvalue weighted by Crippen LogP contribution is 2.43. The number of carboxylic acid groups (broad SMARTS) is 1. The quantitative estimate of drug-likeness (QED) is 0.929. The molecule has 4 heteroatoms. The van der Waals surface area contributed by atoms with Gasteiger partial charge in [-0.3, -0.25) is 9.69 Å². The second-order valence-corrected chi connectivity index (χ2v) is 6.57. The van der Waals surface area contributed by atoms with E-state index in [2.05, 4.69) is 4.90 Å². The minimum Gasteiger partial charge on any atom is -0.480 e. The van der Waals surface area contributed by atoms with Crippen molar-refractivity contribution in [1.29, 1.82) is 0 Å². The second-order valence-electron chi connectivity index (χ2n) is 6.16. The molecule has 1 aromatic carbocycles. The molecule has 108 valence electrons. The summed E-state index contributed by atoms with van der Waals surface area (Å²) in [6, 6.07) is 5.67. The summed E-state index contributed by atoms with van der Waals surface area (Å²) in [6.07, 6.45) is 3.41. The number of carbonyl (C=O) groups is 1. The van der Waals surface area contributed by atoms with Gasteiger partial charge in [-0.2, -0.15) is 0 Å². The van der Waals surface area contributed by atoms with Crippen LogP contribution in [0.2, 0.25) is 5.02 Å². The molecule has 3 rings (SSSR count). The Bertz CT molecular complexity index is 531. The van der Waals surface area contributed by atoms with Crippen LogP contribution >= 0.6 is 11.6 Å². The summed E-state index contributed by atoms with van der Waals surface area (Å²) in [7, 11) is 0. The molecule has 2 aliphatic rings. The van der Waals surface area contributed by atoms with Crippen molar-refractivity contribution in [2.75, 3.05) is 6.54 Å². The molecule has 0 amide bonds. The first-order valence-corrected chi connectivity index (χ1v) is 7.66. The average molecular weight is 294 g/mol. The van der Waals surface area contributed by atoms with Gasteiger partial charge in [0.1, 0.15) is 6.04 Å². The molecule has 3 atom stereocenters. The van der Waals surface area contributed by atoms with Gasteiger partial charge in [0.05, 0.1) is 0 Å². The van der Waals surface area contributed by atoms with Gasteiger partial charge in [-0.15, -0.1) is 0 Å². The zero-order chi connectivity index (χ0) is 14.3. The molecule has 1 heterocycles.